The molecule has 0 aromatic carbocycles. The van der Waals surface area contributed by atoms with Gasteiger partial charge in [0, 0.05) is 30.9 Å². The molecule has 124 valence electrons. The molecule has 1 saturated carbocycles. The van der Waals surface area contributed by atoms with Crippen molar-refractivity contribution in [3.63, 3.8) is 0 Å². The Balaban J connectivity index is 2.06. The molecular formula is C17H30N4O. The van der Waals surface area contributed by atoms with Gasteiger partial charge in [0.25, 0.3) is 0 Å². The fourth-order valence-corrected chi connectivity index (χ4v) is 3.40. The second-order valence-electron chi connectivity index (χ2n) is 6.63. The SMILES string of the molecule is COc1nccc(CN(C)C2CCCCC2N(C)C(C)C)n1. The lowest BCUT2D eigenvalue weighted by atomic mass is 9.87. The highest BCUT2D eigenvalue weighted by Gasteiger charge is 2.32. The lowest BCUT2D eigenvalue weighted by molar-refractivity contribution is 0.0562. The van der Waals surface area contributed by atoms with Gasteiger partial charge in [0.2, 0.25) is 0 Å². The summed E-state index contributed by atoms with van der Waals surface area (Å²) in [4.78, 5) is 13.5. The van der Waals surface area contributed by atoms with Crippen molar-refractivity contribution >= 4 is 0 Å². The molecule has 1 aromatic heterocycles. The van der Waals surface area contributed by atoms with E-state index in [0.29, 0.717) is 24.1 Å². The van der Waals surface area contributed by atoms with Gasteiger partial charge in [-0.2, -0.15) is 4.98 Å². The van der Waals surface area contributed by atoms with Crippen molar-refractivity contribution in [2.45, 2.75) is 64.2 Å². The van der Waals surface area contributed by atoms with Crippen molar-refractivity contribution in [1.82, 2.24) is 19.8 Å². The quantitative estimate of drug-likeness (QED) is 0.808. The third-order valence-corrected chi connectivity index (χ3v) is 4.88. The minimum Gasteiger partial charge on any atom is -0.467 e. The zero-order valence-corrected chi connectivity index (χ0v) is 14.6. The average Bonchev–Trinajstić information content (AvgIpc) is 2.54. The van der Waals surface area contributed by atoms with Crippen LogP contribution in [0.3, 0.4) is 0 Å². The van der Waals surface area contributed by atoms with E-state index in [0.717, 1.165) is 12.2 Å². The number of likely N-dealkylation sites (N-methyl/N-ethyl adjacent to an activating group) is 2. The van der Waals surface area contributed by atoms with Crippen LogP contribution in [0.15, 0.2) is 12.3 Å². The minimum absolute atomic E-state index is 0.449. The maximum absolute atomic E-state index is 5.12. The van der Waals surface area contributed by atoms with Crippen LogP contribution in [0.2, 0.25) is 0 Å². The number of methoxy groups -OCH3 is 1. The largest absolute Gasteiger partial charge is 0.467 e. The summed E-state index contributed by atoms with van der Waals surface area (Å²) in [6.45, 7) is 5.40. The summed E-state index contributed by atoms with van der Waals surface area (Å²) in [5.41, 5.74) is 1.02. The molecule has 1 aliphatic rings. The molecule has 22 heavy (non-hydrogen) atoms. The van der Waals surface area contributed by atoms with Gasteiger partial charge in [0.1, 0.15) is 0 Å². The third-order valence-electron chi connectivity index (χ3n) is 4.88. The molecule has 0 N–H and O–H groups in total. The summed E-state index contributed by atoms with van der Waals surface area (Å²) in [6.07, 6.45) is 6.99. The van der Waals surface area contributed by atoms with Crippen molar-refractivity contribution in [3.05, 3.63) is 18.0 Å². The highest BCUT2D eigenvalue weighted by atomic mass is 16.5. The van der Waals surface area contributed by atoms with Crippen LogP contribution in [0.4, 0.5) is 0 Å². The number of ether oxygens (including phenoxy) is 1. The smallest absolute Gasteiger partial charge is 0.316 e. The van der Waals surface area contributed by atoms with Gasteiger partial charge >= 0.3 is 6.01 Å². The lowest BCUT2D eigenvalue weighted by Gasteiger charge is -2.44. The summed E-state index contributed by atoms with van der Waals surface area (Å²) >= 11 is 0. The normalized spacial score (nSPS) is 22.5. The number of rotatable bonds is 6. The van der Waals surface area contributed by atoms with Gasteiger partial charge in [0.15, 0.2) is 0 Å². The van der Waals surface area contributed by atoms with Gasteiger partial charge in [-0.3, -0.25) is 9.80 Å². The third kappa shape index (κ3) is 4.17. The van der Waals surface area contributed by atoms with Gasteiger partial charge in [-0.25, -0.2) is 4.98 Å². The van der Waals surface area contributed by atoms with Crippen LogP contribution in [0.1, 0.15) is 45.2 Å². The molecule has 1 aliphatic carbocycles. The minimum atomic E-state index is 0.449. The molecule has 2 unspecified atom stereocenters. The molecule has 0 bridgehead atoms. The van der Waals surface area contributed by atoms with E-state index in [-0.39, 0.29) is 0 Å². The van der Waals surface area contributed by atoms with Crippen LogP contribution < -0.4 is 4.74 Å². The van der Waals surface area contributed by atoms with Gasteiger partial charge in [-0.05, 0) is 46.9 Å². The Kier molecular flexibility index (Phi) is 6.15. The van der Waals surface area contributed by atoms with Crippen LogP contribution in [0, 0.1) is 0 Å². The number of nitrogens with zero attached hydrogens (tertiary/aromatic N) is 4. The molecule has 0 saturated heterocycles. The average molecular weight is 306 g/mol. The number of aromatic nitrogens is 2. The van der Waals surface area contributed by atoms with Crippen molar-refractivity contribution in [2.75, 3.05) is 21.2 Å². The zero-order chi connectivity index (χ0) is 16.1. The lowest BCUT2D eigenvalue weighted by Crippen LogP contribution is -2.52. The monoisotopic (exact) mass is 306 g/mol. The molecule has 5 heteroatoms. The molecule has 1 fully saturated rings. The Morgan fingerprint density at radius 1 is 1.23 bits per heavy atom. The van der Waals surface area contributed by atoms with E-state index < -0.39 is 0 Å². The Hall–Kier alpha value is -1.20. The molecule has 1 aromatic rings. The predicted molar refractivity (Wildman–Crippen MR) is 89.0 cm³/mol. The molecule has 5 nitrogen and oxygen atoms in total. The zero-order valence-electron chi connectivity index (χ0n) is 14.6. The predicted octanol–water partition coefficient (Wildman–Crippen LogP) is 2.57. The second kappa shape index (κ2) is 7.88. The molecule has 2 atom stereocenters. The summed E-state index contributed by atoms with van der Waals surface area (Å²) < 4.78 is 5.12. The van der Waals surface area contributed by atoms with Gasteiger partial charge in [-0.1, -0.05) is 12.8 Å². The summed E-state index contributed by atoms with van der Waals surface area (Å²) in [6, 6.07) is 4.22. The van der Waals surface area contributed by atoms with E-state index in [9.17, 15) is 0 Å². The highest BCUT2D eigenvalue weighted by molar-refractivity contribution is 5.06. The molecule has 0 radical (unpaired) electrons. The van der Waals surface area contributed by atoms with E-state index in [1.165, 1.54) is 25.7 Å². The Morgan fingerprint density at radius 3 is 2.55 bits per heavy atom. The second-order valence-corrected chi connectivity index (χ2v) is 6.63. The van der Waals surface area contributed by atoms with Crippen molar-refractivity contribution in [3.8, 4) is 6.01 Å². The van der Waals surface area contributed by atoms with Gasteiger partial charge < -0.3 is 4.74 Å². The number of hydrogen-bond acceptors (Lipinski definition) is 5. The Labute approximate surface area is 134 Å². The molecule has 0 aliphatic heterocycles. The maximum Gasteiger partial charge on any atom is 0.316 e. The van der Waals surface area contributed by atoms with E-state index >= 15 is 0 Å². The molecule has 0 spiro atoms. The molecule has 2 rings (SSSR count). The Morgan fingerprint density at radius 2 is 1.91 bits per heavy atom. The van der Waals surface area contributed by atoms with E-state index in [4.69, 9.17) is 4.74 Å². The van der Waals surface area contributed by atoms with Crippen molar-refractivity contribution < 1.29 is 4.74 Å². The van der Waals surface area contributed by atoms with Crippen LogP contribution in [0.25, 0.3) is 0 Å². The first kappa shape index (κ1) is 17.2. The van der Waals surface area contributed by atoms with Gasteiger partial charge in [-0.15, -0.1) is 0 Å². The Bertz CT molecular complexity index is 466. The first-order valence-electron chi connectivity index (χ1n) is 8.31. The van der Waals surface area contributed by atoms with Crippen molar-refractivity contribution in [1.29, 1.82) is 0 Å². The fourth-order valence-electron chi connectivity index (χ4n) is 3.40. The first-order chi connectivity index (χ1) is 10.5. The molecular weight excluding hydrogens is 276 g/mol. The maximum atomic E-state index is 5.12. The molecule has 0 amide bonds. The van der Waals surface area contributed by atoms with E-state index in [1.54, 1.807) is 13.3 Å². The molecule has 1 heterocycles. The van der Waals surface area contributed by atoms with Gasteiger partial charge in [0.05, 0.1) is 12.8 Å². The number of hydrogen-bond donors (Lipinski definition) is 0. The van der Waals surface area contributed by atoms with E-state index in [2.05, 4.69) is 47.7 Å². The van der Waals surface area contributed by atoms with Crippen LogP contribution in [-0.2, 0) is 6.54 Å². The van der Waals surface area contributed by atoms with E-state index in [1.807, 2.05) is 6.07 Å². The first-order valence-corrected chi connectivity index (χ1v) is 8.31. The highest BCUT2D eigenvalue weighted by Crippen LogP contribution is 2.27. The fraction of sp³-hybridized carbons (Fsp3) is 0.765. The topological polar surface area (TPSA) is 41.5 Å². The summed E-state index contributed by atoms with van der Waals surface area (Å²) in [5.74, 6) is 0. The van der Waals surface area contributed by atoms with Crippen LogP contribution in [0.5, 0.6) is 6.01 Å². The standard InChI is InChI=1S/C17H30N4O/c1-13(2)21(4)16-9-7-6-8-15(16)20(3)12-14-10-11-18-17(19-14)22-5/h10-11,13,15-16H,6-9,12H2,1-5H3. The van der Waals surface area contributed by atoms with Crippen LogP contribution in [-0.4, -0.2) is 59.1 Å². The van der Waals surface area contributed by atoms with Crippen molar-refractivity contribution in [2.24, 2.45) is 0 Å². The summed E-state index contributed by atoms with van der Waals surface area (Å²) in [7, 11) is 6.08. The summed E-state index contributed by atoms with van der Waals surface area (Å²) in [5, 5.41) is 0. The van der Waals surface area contributed by atoms with Crippen LogP contribution >= 0.6 is 0 Å².